The number of aliphatic hydroxyl groups excluding tert-OH is 2. The lowest BCUT2D eigenvalue weighted by molar-refractivity contribution is -0.0483. The van der Waals surface area contributed by atoms with E-state index in [9.17, 15) is 24.2 Å². The van der Waals surface area contributed by atoms with E-state index >= 15 is 0 Å². The number of hydrogen-bond donors (Lipinski definition) is 6. The van der Waals surface area contributed by atoms with Crippen LogP contribution < -0.4 is 5.32 Å². The molecular weight excluding hydrogens is 544 g/mol. The van der Waals surface area contributed by atoms with Crippen LogP contribution in [0.15, 0.2) is 6.33 Å². The summed E-state index contributed by atoms with van der Waals surface area (Å²) in [5, 5.41) is 24.3. The SMILES string of the molecule is O=P(O)(O)CP(=O)(O)OC[C@H]1O[C@@H](n2cnc3c(NC4CN5CCC56CN46)nc(Cl)nc32)C(O)C1O. The van der Waals surface area contributed by atoms with Crippen LogP contribution in [-0.4, -0.2) is 116 Å². The van der Waals surface area contributed by atoms with Crippen molar-refractivity contribution >= 4 is 43.8 Å². The summed E-state index contributed by atoms with van der Waals surface area (Å²) in [5.41, 5.74) is 0.772. The zero-order chi connectivity index (χ0) is 25.6. The molecule has 6 unspecified atom stereocenters. The number of anilines is 1. The Kier molecular flexibility index (Phi) is 5.82. The van der Waals surface area contributed by atoms with Crippen LogP contribution in [0.3, 0.4) is 0 Å². The molecule has 36 heavy (non-hydrogen) atoms. The normalized spacial score (nSPS) is 37.4. The number of imidazole rings is 1. The number of nitrogens with one attached hydrogen (secondary N) is 1. The Morgan fingerprint density at radius 3 is 2.64 bits per heavy atom. The maximum absolute atomic E-state index is 11.9. The predicted octanol–water partition coefficient (Wildman–Crippen LogP) is -1.09. The first-order valence-corrected chi connectivity index (χ1v) is 15.0. The van der Waals surface area contributed by atoms with E-state index < -0.39 is 52.2 Å². The summed E-state index contributed by atoms with van der Waals surface area (Å²) in [7, 11) is -9.50. The van der Waals surface area contributed by atoms with Gasteiger partial charge < -0.3 is 39.5 Å². The van der Waals surface area contributed by atoms with Crippen LogP contribution in [-0.2, 0) is 18.4 Å². The van der Waals surface area contributed by atoms with Crippen molar-refractivity contribution in [2.75, 3.05) is 37.5 Å². The molecule has 198 valence electrons. The van der Waals surface area contributed by atoms with E-state index in [4.69, 9.17) is 30.6 Å². The van der Waals surface area contributed by atoms with E-state index in [0.29, 0.717) is 11.3 Å². The van der Waals surface area contributed by atoms with Gasteiger partial charge in [-0.2, -0.15) is 9.97 Å². The Balaban J connectivity index is 1.20. The lowest BCUT2D eigenvalue weighted by atomic mass is 10.1. The Morgan fingerprint density at radius 1 is 1.25 bits per heavy atom. The third kappa shape index (κ3) is 4.19. The Bertz CT molecular complexity index is 1310. The highest BCUT2D eigenvalue weighted by atomic mass is 35.5. The smallest absolute Gasteiger partial charge is 0.340 e. The summed E-state index contributed by atoms with van der Waals surface area (Å²) in [5.74, 6) is -0.978. The zero-order valence-electron chi connectivity index (χ0n) is 18.5. The van der Waals surface area contributed by atoms with Crippen LogP contribution in [0.1, 0.15) is 12.6 Å². The maximum Gasteiger partial charge on any atom is 0.340 e. The second kappa shape index (κ2) is 8.37. The second-order valence-electron chi connectivity index (χ2n) is 9.42. The number of ether oxygens (including phenoxy) is 1. The Morgan fingerprint density at radius 2 is 2.03 bits per heavy atom. The van der Waals surface area contributed by atoms with Crippen molar-refractivity contribution in [2.24, 2.45) is 0 Å². The quantitative estimate of drug-likeness (QED) is 0.127. The van der Waals surface area contributed by atoms with Gasteiger partial charge in [0, 0.05) is 19.6 Å². The minimum Gasteiger partial charge on any atom is -0.387 e. The summed E-state index contributed by atoms with van der Waals surface area (Å²) in [6.07, 6.45) is -3.02. The summed E-state index contributed by atoms with van der Waals surface area (Å²) in [6, 6.07) is 0. The van der Waals surface area contributed by atoms with Crippen LogP contribution in [0, 0.1) is 0 Å². The minimum atomic E-state index is -4.82. The van der Waals surface area contributed by atoms with Gasteiger partial charge in [0.15, 0.2) is 29.1 Å². The summed E-state index contributed by atoms with van der Waals surface area (Å²) < 4.78 is 34.7. The standard InChI is InChI=1S/C17H24ClN7O9P2/c18-16-21-13(20-9-3-23-2-1-17(23)5-25(9)17)10-14(22-16)24(6-19-10)15-12(27)11(26)8(34-15)4-33-36(31,32)7-35(28,29)30/h6,8-9,11-12,15,26-27H,1-5,7H2,(H,31,32)(H,20,21,22)(H2,28,29,30)/t8-,9?,11?,12?,15-,17?,25?/m1/s1. The van der Waals surface area contributed by atoms with Crippen LogP contribution in [0.4, 0.5) is 5.82 Å². The van der Waals surface area contributed by atoms with Gasteiger partial charge in [-0.1, -0.05) is 0 Å². The molecule has 1 spiro atoms. The van der Waals surface area contributed by atoms with E-state index in [2.05, 4.69) is 30.1 Å². The van der Waals surface area contributed by atoms with Crippen molar-refractivity contribution < 1.29 is 43.3 Å². The number of fused-ring (bicyclic) bond motifs is 1. The van der Waals surface area contributed by atoms with Gasteiger partial charge in [-0.15, -0.1) is 0 Å². The van der Waals surface area contributed by atoms with Gasteiger partial charge in [0.25, 0.3) is 0 Å². The van der Waals surface area contributed by atoms with Gasteiger partial charge in [-0.25, -0.2) is 4.98 Å². The number of rotatable bonds is 8. The third-order valence-corrected chi connectivity index (χ3v) is 10.7. The lowest BCUT2D eigenvalue weighted by Gasteiger charge is -2.36. The molecule has 4 saturated heterocycles. The molecule has 4 aliphatic rings. The van der Waals surface area contributed by atoms with E-state index in [1.807, 2.05) is 0 Å². The zero-order valence-corrected chi connectivity index (χ0v) is 21.1. The largest absolute Gasteiger partial charge is 0.387 e. The molecule has 0 aromatic carbocycles. The van der Waals surface area contributed by atoms with E-state index in [0.717, 1.165) is 26.1 Å². The average Bonchev–Trinajstić information content (AvgIpc) is 3.25. The third-order valence-electron chi connectivity index (χ3n) is 7.11. The number of aromatic nitrogens is 4. The van der Waals surface area contributed by atoms with Crippen LogP contribution in [0.25, 0.3) is 11.2 Å². The average molecular weight is 568 g/mol. The fraction of sp³-hybridized carbons (Fsp3) is 0.706. The molecule has 6 heterocycles. The number of piperazine rings is 1. The van der Waals surface area contributed by atoms with Crippen molar-refractivity contribution in [3.05, 3.63) is 11.6 Å². The predicted molar refractivity (Wildman–Crippen MR) is 122 cm³/mol. The van der Waals surface area contributed by atoms with Crippen molar-refractivity contribution in [3.63, 3.8) is 0 Å². The van der Waals surface area contributed by atoms with Gasteiger partial charge >= 0.3 is 15.2 Å². The lowest BCUT2D eigenvalue weighted by Crippen LogP contribution is -2.49. The summed E-state index contributed by atoms with van der Waals surface area (Å²) in [4.78, 5) is 45.1. The topological polar surface area (TPSA) is 216 Å². The van der Waals surface area contributed by atoms with Gasteiger partial charge in [0.1, 0.15) is 18.3 Å². The van der Waals surface area contributed by atoms with Crippen molar-refractivity contribution in [2.45, 2.75) is 42.8 Å². The molecule has 0 radical (unpaired) electrons. The molecular formula is C17H24ClN7O9P2. The first-order valence-electron chi connectivity index (χ1n) is 11.1. The Hall–Kier alpha value is -1.26. The van der Waals surface area contributed by atoms with Gasteiger partial charge in [-0.05, 0) is 18.0 Å². The fourth-order valence-electron chi connectivity index (χ4n) is 5.26. The van der Waals surface area contributed by atoms with Crippen LogP contribution >= 0.6 is 26.8 Å². The molecule has 0 aliphatic carbocycles. The van der Waals surface area contributed by atoms with Crippen molar-refractivity contribution in [1.82, 2.24) is 29.3 Å². The molecule has 0 bridgehead atoms. The Labute approximate surface area is 208 Å². The minimum absolute atomic E-state index is 0.0332. The van der Waals surface area contributed by atoms with Gasteiger partial charge in [-0.3, -0.25) is 23.5 Å². The van der Waals surface area contributed by atoms with Gasteiger partial charge in [0.05, 0.1) is 24.8 Å². The first-order chi connectivity index (χ1) is 16.9. The molecule has 4 aliphatic heterocycles. The molecule has 6 rings (SSSR count). The molecule has 4 fully saturated rings. The van der Waals surface area contributed by atoms with Crippen LogP contribution in [0.5, 0.6) is 0 Å². The number of aliphatic hydroxyl groups is 2. The van der Waals surface area contributed by atoms with Crippen LogP contribution in [0.2, 0.25) is 5.28 Å². The molecule has 19 heteroatoms. The number of hydrogen-bond acceptors (Lipinski definition) is 12. The fourth-order valence-corrected chi connectivity index (χ4v) is 7.99. The highest BCUT2D eigenvalue weighted by molar-refractivity contribution is 7.70. The summed E-state index contributed by atoms with van der Waals surface area (Å²) >= 11 is 6.18. The van der Waals surface area contributed by atoms with E-state index in [1.165, 1.54) is 10.9 Å². The molecule has 16 nitrogen and oxygen atoms in total. The number of nitrogens with zero attached hydrogens (tertiary/aromatic N) is 6. The molecule has 2 aromatic heterocycles. The van der Waals surface area contributed by atoms with E-state index in [1.54, 1.807) is 0 Å². The van der Waals surface area contributed by atoms with Crippen molar-refractivity contribution in [1.29, 1.82) is 0 Å². The second-order valence-corrected chi connectivity index (χ2v) is 13.7. The highest BCUT2D eigenvalue weighted by Crippen LogP contribution is 2.56. The monoisotopic (exact) mass is 567 g/mol. The molecule has 2 aromatic rings. The number of halogens is 1. The highest BCUT2D eigenvalue weighted by Gasteiger charge is 2.69. The maximum atomic E-state index is 11.9. The van der Waals surface area contributed by atoms with Gasteiger partial charge in [0.2, 0.25) is 5.28 Å². The first kappa shape index (κ1) is 25.0. The molecule has 0 saturated carbocycles. The molecule has 0 amide bonds. The van der Waals surface area contributed by atoms with Crippen molar-refractivity contribution in [3.8, 4) is 0 Å². The molecule has 6 N–H and O–H groups in total. The summed E-state index contributed by atoms with van der Waals surface area (Å²) in [6.45, 7) is 2.17. The van der Waals surface area contributed by atoms with E-state index in [-0.39, 0.29) is 22.8 Å². The molecule has 8 atom stereocenters.